The van der Waals surface area contributed by atoms with E-state index in [1.807, 2.05) is 18.2 Å². The van der Waals surface area contributed by atoms with E-state index in [9.17, 15) is 0 Å². The number of rotatable bonds is 7. The molecule has 0 saturated carbocycles. The average molecular weight is 687 g/mol. The largest absolute Gasteiger partial charge is 2.00 e. The third-order valence-corrected chi connectivity index (χ3v) is 10.7. The molecule has 0 fully saturated rings. The summed E-state index contributed by atoms with van der Waals surface area (Å²) in [4.78, 5) is 0. The summed E-state index contributed by atoms with van der Waals surface area (Å²) in [5.41, 5.74) is 15.7. The van der Waals surface area contributed by atoms with E-state index in [1.165, 1.54) is 33.4 Å². The second kappa shape index (κ2) is 17.3. The molecule has 0 saturated heterocycles. The predicted molar refractivity (Wildman–Crippen MR) is 180 cm³/mol. The minimum absolute atomic E-state index is 0. The molecule has 0 amide bonds. The Bertz CT molecular complexity index is 1130. The van der Waals surface area contributed by atoms with Gasteiger partial charge in [-0.1, -0.05) is 158 Å². The third-order valence-electron chi connectivity index (χ3n) is 7.14. The number of benzene rings is 3. The van der Waals surface area contributed by atoms with Gasteiger partial charge in [0.15, 0.2) is 0 Å². The second-order valence-electron chi connectivity index (χ2n) is 13.7. The maximum Gasteiger partial charge on any atom is 2.00 e. The van der Waals surface area contributed by atoms with E-state index in [0.717, 1.165) is 6.42 Å². The van der Waals surface area contributed by atoms with E-state index in [0.29, 0.717) is 24.3 Å². The molecule has 3 aromatic carbocycles. The van der Waals surface area contributed by atoms with Crippen molar-refractivity contribution in [3.8, 4) is 11.1 Å². The van der Waals surface area contributed by atoms with Crippen molar-refractivity contribution in [1.82, 2.24) is 0 Å². The van der Waals surface area contributed by atoms with Crippen LogP contribution in [-0.2, 0) is 26.8 Å². The minimum atomic E-state index is -0.366. The first-order valence-electron chi connectivity index (χ1n) is 14.9. The quantitative estimate of drug-likeness (QED) is 0.176. The van der Waals surface area contributed by atoms with Crippen LogP contribution in [0, 0.1) is 0 Å². The number of halogens is 1. The molecule has 0 aromatic heterocycles. The molecule has 0 aliphatic rings. The van der Waals surface area contributed by atoms with Crippen LogP contribution < -0.4 is 17.7 Å². The monoisotopic (exact) mass is 685 g/mol. The number of nitrogens with one attached hydrogen (secondary N) is 1. The molecule has 0 atom stereocenters. The van der Waals surface area contributed by atoms with Gasteiger partial charge in [0, 0.05) is 0 Å². The Kier molecular flexibility index (Phi) is 16.9. The Balaban J connectivity index is 0.00000124. The fourth-order valence-electron chi connectivity index (χ4n) is 5.66. The molecule has 0 radical (unpaired) electrons. The average Bonchev–Trinajstić information content (AvgIpc) is 2.83. The Morgan fingerprint density at radius 1 is 0.659 bits per heavy atom. The summed E-state index contributed by atoms with van der Waals surface area (Å²) in [6, 6.07) is 24.4. The molecule has 0 spiro atoms. The van der Waals surface area contributed by atoms with Gasteiger partial charge in [0.05, 0.1) is 0 Å². The van der Waals surface area contributed by atoms with Crippen molar-refractivity contribution in [2.24, 2.45) is 0 Å². The van der Waals surface area contributed by atoms with E-state index >= 15 is 0 Å². The molecular weight excluding hydrogens is 631 g/mol. The maximum atomic E-state index is 6.94. The molecule has 230 valence electrons. The molecular formula is C37H55ClNPPd. The summed E-state index contributed by atoms with van der Waals surface area (Å²) >= 11 is 0. The molecule has 0 heterocycles. The normalized spacial score (nSPS) is 11.7. The summed E-state index contributed by atoms with van der Waals surface area (Å²) in [6.07, 6.45) is 0.876. The molecule has 0 aliphatic carbocycles. The van der Waals surface area contributed by atoms with Gasteiger partial charge in [-0.25, -0.2) is 0 Å². The van der Waals surface area contributed by atoms with Crippen molar-refractivity contribution in [1.29, 1.82) is 0 Å². The molecule has 3 aromatic rings. The standard InChI is InChI=1S/C29H45P.C8H10N.ClH.Pd/c1-19(2)22-17-24(20(3)4)27(25(18-22)21(5)6)23-15-13-14-16-26(23)30(28(7,8)9)29(10,11)12;9-7-6-8-4-2-1-3-5-8;;/h13-21H,1-12H3;1-5,9H,6-7H2;1H;/q;-1;;+2/p-1. The second-order valence-corrected chi connectivity index (χ2v) is 17.6. The fourth-order valence-corrected chi connectivity index (χ4v) is 9.79. The first kappa shape index (κ1) is 40.0. The summed E-state index contributed by atoms with van der Waals surface area (Å²) < 4.78 is 0. The SMILES string of the molecule is CC(C)c1cc(C(C)C)c(-c2ccccc2P(C(C)(C)C)C(C)(C)C)c(C(C)C)c1.[Cl-].[NH-]CCc1ccccc1.[Pd+2]. The van der Waals surface area contributed by atoms with Crippen molar-refractivity contribution < 1.29 is 32.8 Å². The zero-order chi connectivity index (χ0) is 29.5. The molecule has 4 heteroatoms. The Labute approximate surface area is 274 Å². The van der Waals surface area contributed by atoms with Crippen LogP contribution in [0.15, 0.2) is 66.7 Å². The van der Waals surface area contributed by atoms with Gasteiger partial charge in [-0.3, -0.25) is 0 Å². The van der Waals surface area contributed by atoms with Crippen LogP contribution in [0.1, 0.15) is 123 Å². The van der Waals surface area contributed by atoms with Crippen molar-refractivity contribution in [3.63, 3.8) is 0 Å². The van der Waals surface area contributed by atoms with Gasteiger partial charge >= 0.3 is 20.4 Å². The first-order valence-corrected chi connectivity index (χ1v) is 16.2. The van der Waals surface area contributed by atoms with Gasteiger partial charge in [0.25, 0.3) is 0 Å². The molecule has 0 bridgehead atoms. The van der Waals surface area contributed by atoms with Gasteiger partial charge in [-0.05, 0) is 73.2 Å². The van der Waals surface area contributed by atoms with E-state index < -0.39 is 0 Å². The van der Waals surface area contributed by atoms with Gasteiger partial charge < -0.3 is 18.1 Å². The van der Waals surface area contributed by atoms with Gasteiger partial charge in [0.1, 0.15) is 0 Å². The van der Waals surface area contributed by atoms with Crippen LogP contribution in [0.25, 0.3) is 16.9 Å². The van der Waals surface area contributed by atoms with Crippen LogP contribution in [0.4, 0.5) is 0 Å². The van der Waals surface area contributed by atoms with Crippen LogP contribution >= 0.6 is 7.92 Å². The Hall–Kier alpha value is -0.998. The summed E-state index contributed by atoms with van der Waals surface area (Å²) in [5.74, 6) is 1.55. The zero-order valence-corrected chi connectivity index (χ0v) is 30.8. The third kappa shape index (κ3) is 11.2. The van der Waals surface area contributed by atoms with Crippen molar-refractivity contribution in [2.75, 3.05) is 6.54 Å². The maximum absolute atomic E-state index is 6.94. The van der Waals surface area contributed by atoms with E-state index in [4.69, 9.17) is 5.73 Å². The fraction of sp³-hybridized carbons (Fsp3) is 0.514. The number of hydrogen-bond donors (Lipinski definition) is 0. The smallest absolute Gasteiger partial charge is 1.00 e. The van der Waals surface area contributed by atoms with Crippen LogP contribution in [0.2, 0.25) is 0 Å². The molecule has 1 nitrogen and oxygen atoms in total. The van der Waals surface area contributed by atoms with Gasteiger partial charge in [-0.2, -0.15) is 0 Å². The first-order chi connectivity index (χ1) is 18.1. The molecule has 0 unspecified atom stereocenters. The van der Waals surface area contributed by atoms with Crippen molar-refractivity contribution in [2.45, 2.75) is 118 Å². The molecule has 41 heavy (non-hydrogen) atoms. The minimum Gasteiger partial charge on any atom is -1.00 e. The predicted octanol–water partition coefficient (Wildman–Crippen LogP) is 8.71. The summed E-state index contributed by atoms with van der Waals surface area (Å²) in [5, 5.41) is 2.06. The zero-order valence-electron chi connectivity index (χ0n) is 27.6. The van der Waals surface area contributed by atoms with E-state index in [2.05, 4.69) is 132 Å². The van der Waals surface area contributed by atoms with E-state index in [1.54, 1.807) is 5.30 Å². The Morgan fingerprint density at radius 2 is 1.10 bits per heavy atom. The topological polar surface area (TPSA) is 23.8 Å². The summed E-state index contributed by atoms with van der Waals surface area (Å²) in [6.45, 7) is 29.1. The van der Waals surface area contributed by atoms with Crippen molar-refractivity contribution >= 4 is 13.2 Å². The van der Waals surface area contributed by atoms with Crippen molar-refractivity contribution in [3.05, 3.63) is 94.7 Å². The Morgan fingerprint density at radius 3 is 1.49 bits per heavy atom. The van der Waals surface area contributed by atoms with Crippen LogP contribution in [-0.4, -0.2) is 16.9 Å². The molecule has 3 rings (SSSR count). The van der Waals surface area contributed by atoms with Gasteiger partial charge in [0.2, 0.25) is 0 Å². The molecule has 0 aliphatic heterocycles. The van der Waals surface area contributed by atoms with E-state index in [-0.39, 0.29) is 51.1 Å². The van der Waals surface area contributed by atoms with Gasteiger partial charge in [-0.15, -0.1) is 6.54 Å². The number of hydrogen-bond acceptors (Lipinski definition) is 0. The summed E-state index contributed by atoms with van der Waals surface area (Å²) in [7, 11) is -0.366. The molecule has 1 N–H and O–H groups in total. The van der Waals surface area contributed by atoms with Crippen LogP contribution in [0.5, 0.6) is 0 Å². The van der Waals surface area contributed by atoms with Crippen LogP contribution in [0.3, 0.4) is 0 Å².